The molecule has 2 rings (SSSR count). The van der Waals surface area contributed by atoms with Crippen LogP contribution in [0.4, 0.5) is 5.82 Å². The van der Waals surface area contributed by atoms with Crippen LogP contribution < -0.4 is 11.3 Å². The fraction of sp³-hybridized carbons (Fsp3) is 0. The molecule has 0 saturated carbocycles. The SMILES string of the molecule is NNc1csc(-c2ccc(Cl)s2)n1. The van der Waals surface area contributed by atoms with Crippen molar-refractivity contribution >= 4 is 40.1 Å². The van der Waals surface area contributed by atoms with E-state index in [4.69, 9.17) is 17.4 Å². The summed E-state index contributed by atoms with van der Waals surface area (Å²) >= 11 is 8.85. The molecule has 0 fully saturated rings. The highest BCUT2D eigenvalue weighted by atomic mass is 35.5. The Kier molecular flexibility index (Phi) is 2.50. The molecule has 0 aliphatic carbocycles. The lowest BCUT2D eigenvalue weighted by molar-refractivity contribution is 1.27. The van der Waals surface area contributed by atoms with Gasteiger partial charge in [-0.05, 0) is 12.1 Å². The van der Waals surface area contributed by atoms with Gasteiger partial charge >= 0.3 is 0 Å². The summed E-state index contributed by atoms with van der Waals surface area (Å²) in [5.41, 5.74) is 2.49. The minimum Gasteiger partial charge on any atom is -0.308 e. The van der Waals surface area contributed by atoms with Crippen molar-refractivity contribution in [1.29, 1.82) is 0 Å². The molecule has 0 spiro atoms. The molecule has 2 aromatic heterocycles. The molecule has 2 aromatic rings. The van der Waals surface area contributed by atoms with Crippen LogP contribution in [0.3, 0.4) is 0 Å². The third-order valence-corrected chi connectivity index (χ3v) is 3.68. The Balaban J connectivity index is 2.35. The first-order valence-electron chi connectivity index (χ1n) is 3.47. The summed E-state index contributed by atoms with van der Waals surface area (Å²) in [5, 5.41) is 2.80. The Hall–Kier alpha value is -0.620. The third kappa shape index (κ3) is 1.83. The summed E-state index contributed by atoms with van der Waals surface area (Å²) in [6, 6.07) is 3.81. The zero-order valence-corrected chi connectivity index (χ0v) is 8.84. The molecule has 0 aromatic carbocycles. The molecule has 0 radical (unpaired) electrons. The van der Waals surface area contributed by atoms with Gasteiger partial charge in [0.1, 0.15) is 5.01 Å². The molecule has 0 saturated heterocycles. The number of hydrazine groups is 1. The van der Waals surface area contributed by atoms with E-state index in [2.05, 4.69) is 10.4 Å². The Bertz CT molecular complexity index is 409. The fourth-order valence-corrected chi connectivity index (χ4v) is 2.76. The minimum atomic E-state index is 0.685. The molecule has 6 heteroatoms. The van der Waals surface area contributed by atoms with Gasteiger partial charge in [0.05, 0.1) is 9.21 Å². The van der Waals surface area contributed by atoms with Crippen molar-refractivity contribution in [2.24, 2.45) is 5.84 Å². The first kappa shape index (κ1) is 8.96. The van der Waals surface area contributed by atoms with E-state index in [9.17, 15) is 0 Å². The van der Waals surface area contributed by atoms with E-state index in [0.29, 0.717) is 5.82 Å². The van der Waals surface area contributed by atoms with Crippen molar-refractivity contribution < 1.29 is 0 Å². The predicted octanol–water partition coefficient (Wildman–Crippen LogP) is 2.81. The van der Waals surface area contributed by atoms with E-state index in [1.54, 1.807) is 0 Å². The van der Waals surface area contributed by atoms with Gasteiger partial charge in [0.2, 0.25) is 0 Å². The van der Waals surface area contributed by atoms with Crippen LogP contribution in [0.5, 0.6) is 0 Å². The molecule has 0 aliphatic rings. The molecular formula is C7H6ClN3S2. The Morgan fingerprint density at radius 1 is 1.46 bits per heavy atom. The highest BCUT2D eigenvalue weighted by Gasteiger charge is 2.05. The summed E-state index contributed by atoms with van der Waals surface area (Å²) in [7, 11) is 0. The molecule has 0 aliphatic heterocycles. The number of halogens is 1. The second-order valence-corrected chi connectivity index (χ2v) is 4.86. The van der Waals surface area contributed by atoms with E-state index in [1.807, 2.05) is 17.5 Å². The molecule has 3 nitrogen and oxygen atoms in total. The summed E-state index contributed by atoms with van der Waals surface area (Å²) < 4.78 is 0.771. The number of aromatic nitrogens is 1. The van der Waals surface area contributed by atoms with Crippen molar-refractivity contribution in [1.82, 2.24) is 4.98 Å². The Morgan fingerprint density at radius 2 is 2.31 bits per heavy atom. The van der Waals surface area contributed by atoms with Gasteiger partial charge in [-0.1, -0.05) is 11.6 Å². The van der Waals surface area contributed by atoms with Gasteiger partial charge in [-0.3, -0.25) is 0 Å². The van der Waals surface area contributed by atoms with Gasteiger partial charge in [-0.2, -0.15) is 0 Å². The van der Waals surface area contributed by atoms with Crippen molar-refractivity contribution in [2.45, 2.75) is 0 Å². The van der Waals surface area contributed by atoms with Crippen LogP contribution in [0.2, 0.25) is 4.34 Å². The zero-order valence-electron chi connectivity index (χ0n) is 6.45. The first-order chi connectivity index (χ1) is 6.29. The number of nitrogens with zero attached hydrogens (tertiary/aromatic N) is 1. The van der Waals surface area contributed by atoms with Crippen molar-refractivity contribution in [3.63, 3.8) is 0 Å². The van der Waals surface area contributed by atoms with E-state index < -0.39 is 0 Å². The monoisotopic (exact) mass is 231 g/mol. The Morgan fingerprint density at radius 3 is 2.85 bits per heavy atom. The topological polar surface area (TPSA) is 50.9 Å². The van der Waals surface area contributed by atoms with Crippen LogP contribution >= 0.6 is 34.3 Å². The van der Waals surface area contributed by atoms with Gasteiger partial charge in [-0.25, -0.2) is 10.8 Å². The fourth-order valence-electron chi connectivity index (χ4n) is 0.882. The molecular weight excluding hydrogens is 226 g/mol. The van der Waals surface area contributed by atoms with Crippen LogP contribution in [-0.4, -0.2) is 4.98 Å². The average Bonchev–Trinajstić information content (AvgIpc) is 2.71. The first-order valence-corrected chi connectivity index (χ1v) is 5.55. The lowest BCUT2D eigenvalue weighted by Gasteiger charge is -1.89. The highest BCUT2D eigenvalue weighted by Crippen LogP contribution is 2.33. The molecule has 0 atom stereocenters. The van der Waals surface area contributed by atoms with E-state index >= 15 is 0 Å². The average molecular weight is 232 g/mol. The van der Waals surface area contributed by atoms with E-state index in [0.717, 1.165) is 14.2 Å². The van der Waals surface area contributed by atoms with Crippen LogP contribution in [-0.2, 0) is 0 Å². The number of hydrogen-bond donors (Lipinski definition) is 2. The van der Waals surface area contributed by atoms with Crippen LogP contribution in [0.25, 0.3) is 9.88 Å². The smallest absolute Gasteiger partial charge is 0.151 e. The summed E-state index contributed by atoms with van der Waals surface area (Å²) in [6.07, 6.45) is 0. The van der Waals surface area contributed by atoms with Gasteiger partial charge < -0.3 is 5.43 Å². The molecule has 13 heavy (non-hydrogen) atoms. The number of nitrogen functional groups attached to an aromatic ring is 1. The number of anilines is 1. The lowest BCUT2D eigenvalue weighted by Crippen LogP contribution is -2.06. The number of thiazole rings is 1. The lowest BCUT2D eigenvalue weighted by atomic mass is 10.5. The van der Waals surface area contributed by atoms with Crippen molar-refractivity contribution in [2.75, 3.05) is 5.43 Å². The summed E-state index contributed by atoms with van der Waals surface area (Å²) in [5.74, 6) is 5.90. The van der Waals surface area contributed by atoms with Crippen molar-refractivity contribution in [3.8, 4) is 9.88 Å². The molecule has 0 unspecified atom stereocenters. The summed E-state index contributed by atoms with van der Waals surface area (Å²) in [6.45, 7) is 0. The zero-order chi connectivity index (χ0) is 9.26. The van der Waals surface area contributed by atoms with Crippen LogP contribution in [0, 0.1) is 0 Å². The van der Waals surface area contributed by atoms with Gasteiger partial charge in [-0.15, -0.1) is 22.7 Å². The van der Waals surface area contributed by atoms with Crippen molar-refractivity contribution in [3.05, 3.63) is 21.8 Å². The summed E-state index contributed by atoms with van der Waals surface area (Å²) in [4.78, 5) is 5.31. The Labute approximate surface area is 88.2 Å². The van der Waals surface area contributed by atoms with Gasteiger partial charge in [0.15, 0.2) is 5.82 Å². The van der Waals surface area contributed by atoms with E-state index in [-0.39, 0.29) is 0 Å². The predicted molar refractivity (Wildman–Crippen MR) is 58.2 cm³/mol. The number of rotatable bonds is 2. The second-order valence-electron chi connectivity index (χ2n) is 2.29. The largest absolute Gasteiger partial charge is 0.308 e. The van der Waals surface area contributed by atoms with Gasteiger partial charge in [0.25, 0.3) is 0 Å². The molecule has 3 N–H and O–H groups in total. The number of nitrogens with two attached hydrogens (primary N) is 1. The maximum absolute atomic E-state index is 5.81. The number of thiophene rings is 1. The molecule has 0 amide bonds. The highest BCUT2D eigenvalue weighted by molar-refractivity contribution is 7.23. The second kappa shape index (κ2) is 3.63. The molecule has 68 valence electrons. The maximum atomic E-state index is 5.81. The third-order valence-electron chi connectivity index (χ3n) is 1.44. The van der Waals surface area contributed by atoms with E-state index in [1.165, 1.54) is 22.7 Å². The van der Waals surface area contributed by atoms with Crippen LogP contribution in [0.15, 0.2) is 17.5 Å². The van der Waals surface area contributed by atoms with Gasteiger partial charge in [0, 0.05) is 5.38 Å². The normalized spacial score (nSPS) is 10.3. The molecule has 2 heterocycles. The maximum Gasteiger partial charge on any atom is 0.151 e. The quantitative estimate of drug-likeness (QED) is 0.617. The minimum absolute atomic E-state index is 0.685. The number of nitrogens with one attached hydrogen (secondary N) is 1. The standard InChI is InChI=1S/C7H6ClN3S2/c8-5-2-1-4(13-5)7-10-6(11-9)3-12-7/h1-3,11H,9H2. The molecule has 0 bridgehead atoms. The van der Waals surface area contributed by atoms with Crippen LogP contribution in [0.1, 0.15) is 0 Å². The number of hydrogen-bond acceptors (Lipinski definition) is 5.